The van der Waals surface area contributed by atoms with Crippen molar-refractivity contribution in [3.05, 3.63) is 59.9 Å². The molecular formula is C22H24FN3O2. The van der Waals surface area contributed by atoms with Crippen LogP contribution in [-0.4, -0.2) is 29.9 Å². The number of carbonyl (C=O) groups is 2. The second-order valence-corrected chi connectivity index (χ2v) is 7.77. The van der Waals surface area contributed by atoms with E-state index in [0.29, 0.717) is 18.8 Å². The molecule has 2 aromatic rings. The van der Waals surface area contributed by atoms with Crippen molar-refractivity contribution in [2.45, 2.75) is 26.2 Å². The van der Waals surface area contributed by atoms with Gasteiger partial charge in [0.25, 0.3) is 0 Å². The molecule has 1 saturated carbocycles. The van der Waals surface area contributed by atoms with Crippen molar-refractivity contribution >= 4 is 23.3 Å². The SMILES string of the molecule is CCc1cccc(NC(=O)N2CC[C@]3(C[C@@H]3C(=O)Nc3cccc(F)c3)C2)c1. The lowest BCUT2D eigenvalue weighted by atomic mass is 10.0. The van der Waals surface area contributed by atoms with E-state index in [2.05, 4.69) is 17.6 Å². The topological polar surface area (TPSA) is 61.4 Å². The highest BCUT2D eigenvalue weighted by Crippen LogP contribution is 2.58. The first-order valence-corrected chi connectivity index (χ1v) is 9.70. The van der Waals surface area contributed by atoms with E-state index in [9.17, 15) is 14.0 Å². The van der Waals surface area contributed by atoms with Crippen molar-refractivity contribution in [1.82, 2.24) is 4.90 Å². The third-order valence-electron chi connectivity index (χ3n) is 5.86. The van der Waals surface area contributed by atoms with E-state index in [1.807, 2.05) is 24.3 Å². The molecule has 2 aromatic carbocycles. The molecule has 1 aliphatic heterocycles. The van der Waals surface area contributed by atoms with Crippen molar-refractivity contribution in [3.63, 3.8) is 0 Å². The molecule has 2 fully saturated rings. The predicted molar refractivity (Wildman–Crippen MR) is 107 cm³/mol. The fourth-order valence-electron chi connectivity index (χ4n) is 4.11. The van der Waals surface area contributed by atoms with Gasteiger partial charge in [0.05, 0.1) is 0 Å². The molecule has 2 N–H and O–H groups in total. The molecule has 1 aliphatic carbocycles. The highest BCUT2D eigenvalue weighted by molar-refractivity contribution is 5.95. The summed E-state index contributed by atoms with van der Waals surface area (Å²) in [7, 11) is 0. The second-order valence-electron chi connectivity index (χ2n) is 7.77. The molecule has 4 rings (SSSR count). The normalized spacial score (nSPS) is 22.9. The van der Waals surface area contributed by atoms with Crippen molar-refractivity contribution < 1.29 is 14.0 Å². The zero-order valence-corrected chi connectivity index (χ0v) is 15.9. The quantitative estimate of drug-likeness (QED) is 0.831. The predicted octanol–water partition coefficient (Wildman–Crippen LogP) is 4.27. The summed E-state index contributed by atoms with van der Waals surface area (Å²) in [5.41, 5.74) is 2.30. The molecule has 2 aliphatic rings. The van der Waals surface area contributed by atoms with Crippen LogP contribution in [0, 0.1) is 17.2 Å². The maximum atomic E-state index is 13.3. The number of benzene rings is 2. The van der Waals surface area contributed by atoms with Crippen LogP contribution >= 0.6 is 0 Å². The van der Waals surface area contributed by atoms with Crippen LogP contribution in [0.5, 0.6) is 0 Å². The van der Waals surface area contributed by atoms with E-state index in [0.717, 1.165) is 24.9 Å². The Morgan fingerprint density at radius 1 is 1.14 bits per heavy atom. The lowest BCUT2D eigenvalue weighted by Crippen LogP contribution is -2.33. The summed E-state index contributed by atoms with van der Waals surface area (Å²) in [6, 6.07) is 13.6. The van der Waals surface area contributed by atoms with Gasteiger partial charge < -0.3 is 15.5 Å². The number of rotatable bonds is 4. The van der Waals surface area contributed by atoms with E-state index >= 15 is 0 Å². The molecule has 1 spiro atoms. The molecule has 6 heteroatoms. The molecular weight excluding hydrogens is 357 g/mol. The summed E-state index contributed by atoms with van der Waals surface area (Å²) < 4.78 is 13.3. The van der Waals surface area contributed by atoms with Crippen LogP contribution in [0.4, 0.5) is 20.6 Å². The van der Waals surface area contributed by atoms with Gasteiger partial charge >= 0.3 is 6.03 Å². The molecule has 1 heterocycles. The van der Waals surface area contributed by atoms with Crippen LogP contribution in [0.15, 0.2) is 48.5 Å². The van der Waals surface area contributed by atoms with Crippen molar-refractivity contribution in [1.29, 1.82) is 0 Å². The number of likely N-dealkylation sites (tertiary alicyclic amines) is 1. The van der Waals surface area contributed by atoms with E-state index in [1.54, 1.807) is 17.0 Å². The Hall–Kier alpha value is -2.89. The van der Waals surface area contributed by atoms with Crippen LogP contribution in [-0.2, 0) is 11.2 Å². The van der Waals surface area contributed by atoms with E-state index in [-0.39, 0.29) is 29.1 Å². The molecule has 146 valence electrons. The minimum absolute atomic E-state index is 0.0940. The van der Waals surface area contributed by atoms with E-state index in [4.69, 9.17) is 0 Å². The molecule has 2 atom stereocenters. The smallest absolute Gasteiger partial charge is 0.321 e. The van der Waals surface area contributed by atoms with Crippen molar-refractivity contribution in [2.24, 2.45) is 11.3 Å². The van der Waals surface area contributed by atoms with Gasteiger partial charge in [0, 0.05) is 35.8 Å². The van der Waals surface area contributed by atoms with Gasteiger partial charge in [-0.3, -0.25) is 4.79 Å². The number of halogens is 1. The fraction of sp³-hybridized carbons (Fsp3) is 0.364. The lowest BCUT2D eigenvalue weighted by molar-refractivity contribution is -0.118. The summed E-state index contributed by atoms with van der Waals surface area (Å²) in [6.45, 7) is 3.30. The number of amides is 3. The number of nitrogens with one attached hydrogen (secondary N) is 2. The molecule has 0 aromatic heterocycles. The summed E-state index contributed by atoms with van der Waals surface area (Å²) in [6.07, 6.45) is 2.50. The number of aryl methyl sites for hydroxylation is 1. The maximum Gasteiger partial charge on any atom is 0.321 e. The Morgan fingerprint density at radius 3 is 2.64 bits per heavy atom. The summed E-state index contributed by atoms with van der Waals surface area (Å²) >= 11 is 0. The number of nitrogens with zero attached hydrogens (tertiary/aromatic N) is 1. The molecule has 5 nitrogen and oxygen atoms in total. The Bertz CT molecular complexity index is 916. The Balaban J connectivity index is 1.34. The van der Waals surface area contributed by atoms with Gasteiger partial charge in [-0.2, -0.15) is 0 Å². The van der Waals surface area contributed by atoms with Gasteiger partial charge in [0.2, 0.25) is 5.91 Å². The monoisotopic (exact) mass is 381 g/mol. The van der Waals surface area contributed by atoms with Gasteiger partial charge in [-0.1, -0.05) is 25.1 Å². The molecule has 3 amide bonds. The fourth-order valence-corrected chi connectivity index (χ4v) is 4.11. The standard InChI is InChI=1S/C22H24FN3O2/c1-2-15-5-3-7-17(11-15)25-21(28)26-10-9-22(14-26)13-19(22)20(27)24-18-8-4-6-16(23)12-18/h3-8,11-12,19H,2,9-10,13-14H2,1H3,(H,24,27)(H,25,28)/t19-,22+/m1/s1. The first-order valence-electron chi connectivity index (χ1n) is 9.70. The van der Waals surface area contributed by atoms with Crippen LogP contribution in [0.25, 0.3) is 0 Å². The van der Waals surface area contributed by atoms with Gasteiger partial charge in [-0.25, -0.2) is 9.18 Å². The lowest BCUT2D eigenvalue weighted by Gasteiger charge is -2.18. The van der Waals surface area contributed by atoms with Crippen LogP contribution in [0.1, 0.15) is 25.3 Å². The summed E-state index contributed by atoms with van der Waals surface area (Å²) in [5.74, 6) is -0.598. The van der Waals surface area contributed by atoms with Gasteiger partial charge in [-0.05, 0) is 55.2 Å². The first-order chi connectivity index (χ1) is 13.5. The van der Waals surface area contributed by atoms with E-state index < -0.39 is 0 Å². The highest BCUT2D eigenvalue weighted by atomic mass is 19.1. The zero-order chi connectivity index (χ0) is 19.7. The summed E-state index contributed by atoms with van der Waals surface area (Å²) in [5, 5.41) is 5.75. The van der Waals surface area contributed by atoms with Crippen LogP contribution in [0.3, 0.4) is 0 Å². The number of anilines is 2. The Morgan fingerprint density at radius 2 is 1.89 bits per heavy atom. The van der Waals surface area contributed by atoms with Crippen LogP contribution < -0.4 is 10.6 Å². The second kappa shape index (κ2) is 7.26. The zero-order valence-electron chi connectivity index (χ0n) is 15.9. The first kappa shape index (κ1) is 18.5. The largest absolute Gasteiger partial charge is 0.326 e. The van der Waals surface area contributed by atoms with Gasteiger partial charge in [0.1, 0.15) is 5.82 Å². The van der Waals surface area contributed by atoms with Crippen molar-refractivity contribution in [3.8, 4) is 0 Å². The summed E-state index contributed by atoms with van der Waals surface area (Å²) in [4.78, 5) is 26.9. The number of hydrogen-bond donors (Lipinski definition) is 2. The Kier molecular flexibility index (Phi) is 4.79. The average Bonchev–Trinajstić information content (AvgIpc) is 3.21. The molecule has 1 saturated heterocycles. The minimum Gasteiger partial charge on any atom is -0.326 e. The van der Waals surface area contributed by atoms with E-state index in [1.165, 1.54) is 17.7 Å². The maximum absolute atomic E-state index is 13.3. The number of carbonyl (C=O) groups excluding carboxylic acids is 2. The Labute approximate surface area is 163 Å². The van der Waals surface area contributed by atoms with Crippen LogP contribution in [0.2, 0.25) is 0 Å². The molecule has 0 unspecified atom stereocenters. The highest BCUT2D eigenvalue weighted by Gasteiger charge is 2.61. The minimum atomic E-state index is -0.376. The van der Waals surface area contributed by atoms with Gasteiger partial charge in [0.15, 0.2) is 0 Å². The van der Waals surface area contributed by atoms with Crippen molar-refractivity contribution in [2.75, 3.05) is 23.7 Å². The number of hydrogen-bond acceptors (Lipinski definition) is 2. The molecule has 0 bridgehead atoms. The average molecular weight is 381 g/mol. The molecule has 0 radical (unpaired) electrons. The third-order valence-corrected chi connectivity index (χ3v) is 5.86. The number of urea groups is 1. The van der Waals surface area contributed by atoms with Gasteiger partial charge in [-0.15, -0.1) is 0 Å². The molecule has 28 heavy (non-hydrogen) atoms. The third kappa shape index (κ3) is 3.72.